The third-order valence-electron chi connectivity index (χ3n) is 5.82. The van der Waals surface area contributed by atoms with Gasteiger partial charge in [-0.2, -0.15) is 4.98 Å². The first-order valence-electron chi connectivity index (χ1n) is 9.20. The summed E-state index contributed by atoms with van der Waals surface area (Å²) in [6.07, 6.45) is 8.24. The molecular weight excluding hydrogens is 308 g/mol. The van der Waals surface area contributed by atoms with E-state index < -0.39 is 0 Å². The van der Waals surface area contributed by atoms with E-state index in [1.807, 2.05) is 6.92 Å². The first-order chi connectivity index (χ1) is 11.7. The molecule has 1 spiro atoms. The van der Waals surface area contributed by atoms with Gasteiger partial charge in [-0.15, -0.1) is 0 Å². The molecule has 7 nitrogen and oxygen atoms in total. The number of hydrogen-bond acceptors (Lipinski definition) is 5. The fourth-order valence-electron chi connectivity index (χ4n) is 4.30. The lowest BCUT2D eigenvalue weighted by molar-refractivity contribution is -0.126. The molecule has 3 aliphatic rings. The largest absolute Gasteiger partial charge is 0.378 e. The molecule has 3 saturated carbocycles. The maximum atomic E-state index is 12.2. The van der Waals surface area contributed by atoms with E-state index in [1.54, 1.807) is 0 Å². The molecular formula is C17H26N4O3. The highest BCUT2D eigenvalue weighted by molar-refractivity contribution is 5.74. The zero-order valence-electron chi connectivity index (χ0n) is 14.2. The van der Waals surface area contributed by atoms with Crippen molar-refractivity contribution in [2.45, 2.75) is 76.5 Å². The van der Waals surface area contributed by atoms with E-state index in [0.29, 0.717) is 17.9 Å². The number of nitrogens with zero attached hydrogens (tertiary/aromatic N) is 2. The zero-order chi connectivity index (χ0) is 16.6. The maximum absolute atomic E-state index is 12.2. The van der Waals surface area contributed by atoms with Gasteiger partial charge in [0.25, 0.3) is 0 Å². The lowest BCUT2D eigenvalue weighted by atomic mass is 9.60. The minimum absolute atomic E-state index is 0.150. The molecule has 24 heavy (non-hydrogen) atoms. The summed E-state index contributed by atoms with van der Waals surface area (Å²) in [4.78, 5) is 16.5. The average molecular weight is 334 g/mol. The van der Waals surface area contributed by atoms with Crippen molar-refractivity contribution in [2.75, 3.05) is 6.61 Å². The second-order valence-corrected chi connectivity index (χ2v) is 7.32. The number of carbonyl (C=O) groups is 1. The Labute approximate surface area is 141 Å². The normalized spacial score (nSPS) is 27.9. The topological polar surface area (TPSA) is 89.3 Å². The van der Waals surface area contributed by atoms with Crippen LogP contribution >= 0.6 is 0 Å². The fourth-order valence-corrected chi connectivity index (χ4v) is 4.30. The third-order valence-corrected chi connectivity index (χ3v) is 5.82. The molecule has 2 amide bonds. The highest BCUT2D eigenvalue weighted by atomic mass is 16.5. The molecule has 0 unspecified atom stereocenters. The van der Waals surface area contributed by atoms with Crippen molar-refractivity contribution < 1.29 is 14.1 Å². The summed E-state index contributed by atoms with van der Waals surface area (Å²) < 4.78 is 11.1. The van der Waals surface area contributed by atoms with Gasteiger partial charge in [0.2, 0.25) is 5.89 Å². The van der Waals surface area contributed by atoms with Crippen LogP contribution < -0.4 is 10.6 Å². The van der Waals surface area contributed by atoms with Gasteiger partial charge in [0.05, 0.1) is 12.6 Å². The minimum Gasteiger partial charge on any atom is -0.378 e. The van der Waals surface area contributed by atoms with Crippen LogP contribution in [-0.4, -0.2) is 34.9 Å². The van der Waals surface area contributed by atoms with Crippen molar-refractivity contribution >= 4 is 6.03 Å². The lowest BCUT2D eigenvalue weighted by Gasteiger charge is -2.53. The Bertz CT molecular complexity index is 592. The SMILES string of the molecule is CCO[C@H]1C[C@@H](NC(=O)NCc2nc(C3CC3)no2)C12CCCC2. The molecule has 2 atom stereocenters. The third kappa shape index (κ3) is 2.90. The predicted molar refractivity (Wildman–Crippen MR) is 86.4 cm³/mol. The van der Waals surface area contributed by atoms with Gasteiger partial charge < -0.3 is 19.9 Å². The number of ether oxygens (including phenoxy) is 1. The molecule has 0 saturated heterocycles. The van der Waals surface area contributed by atoms with Crippen LogP contribution in [0.5, 0.6) is 0 Å². The molecule has 1 heterocycles. The molecule has 3 aliphatic carbocycles. The smallest absolute Gasteiger partial charge is 0.315 e. The molecule has 3 fully saturated rings. The predicted octanol–water partition coefficient (Wildman–Crippen LogP) is 2.48. The van der Waals surface area contributed by atoms with Gasteiger partial charge in [0.1, 0.15) is 0 Å². The van der Waals surface area contributed by atoms with Gasteiger partial charge in [0.15, 0.2) is 5.82 Å². The summed E-state index contributed by atoms with van der Waals surface area (Å²) in [7, 11) is 0. The van der Waals surface area contributed by atoms with Gasteiger partial charge in [-0.1, -0.05) is 18.0 Å². The summed E-state index contributed by atoms with van der Waals surface area (Å²) in [6.45, 7) is 3.06. The lowest BCUT2D eigenvalue weighted by Crippen LogP contribution is -2.64. The van der Waals surface area contributed by atoms with Crippen LogP contribution in [0.3, 0.4) is 0 Å². The van der Waals surface area contributed by atoms with Gasteiger partial charge in [0, 0.05) is 24.0 Å². The Morgan fingerprint density at radius 1 is 1.38 bits per heavy atom. The summed E-state index contributed by atoms with van der Waals surface area (Å²) in [6, 6.07) is 0.0497. The molecule has 0 aliphatic heterocycles. The standard InChI is InChI=1S/C17H26N4O3/c1-2-23-13-9-12(17(13)7-3-4-8-17)19-16(22)18-10-14-20-15(21-24-14)11-5-6-11/h11-13H,2-10H2,1H3,(H2,18,19,22)/t12-,13+/m1/s1. The van der Waals surface area contributed by atoms with E-state index >= 15 is 0 Å². The molecule has 0 aromatic carbocycles. The van der Waals surface area contributed by atoms with Crippen molar-refractivity contribution in [2.24, 2.45) is 5.41 Å². The maximum Gasteiger partial charge on any atom is 0.315 e. The van der Waals surface area contributed by atoms with Gasteiger partial charge in [-0.25, -0.2) is 4.79 Å². The van der Waals surface area contributed by atoms with Crippen LogP contribution in [0.4, 0.5) is 4.79 Å². The van der Waals surface area contributed by atoms with E-state index in [0.717, 1.165) is 44.5 Å². The Morgan fingerprint density at radius 2 is 2.17 bits per heavy atom. The van der Waals surface area contributed by atoms with Gasteiger partial charge in [-0.05, 0) is 39.0 Å². The molecule has 7 heteroatoms. The van der Waals surface area contributed by atoms with Crippen LogP contribution in [0.2, 0.25) is 0 Å². The van der Waals surface area contributed by atoms with E-state index in [9.17, 15) is 4.79 Å². The molecule has 2 N–H and O–H groups in total. The number of rotatable bonds is 6. The second-order valence-electron chi connectivity index (χ2n) is 7.32. The van der Waals surface area contributed by atoms with Crippen molar-refractivity contribution in [3.63, 3.8) is 0 Å². The zero-order valence-corrected chi connectivity index (χ0v) is 14.2. The average Bonchev–Trinajstić information content (AvgIpc) is 3.11. The van der Waals surface area contributed by atoms with Crippen molar-refractivity contribution in [3.8, 4) is 0 Å². The first kappa shape index (κ1) is 15.9. The highest BCUT2D eigenvalue weighted by Gasteiger charge is 2.57. The first-order valence-corrected chi connectivity index (χ1v) is 9.20. The summed E-state index contributed by atoms with van der Waals surface area (Å²) in [5.74, 6) is 1.71. The van der Waals surface area contributed by atoms with Crippen LogP contribution in [0, 0.1) is 5.41 Å². The fraction of sp³-hybridized carbons (Fsp3) is 0.824. The number of hydrogen-bond donors (Lipinski definition) is 2. The summed E-state index contributed by atoms with van der Waals surface area (Å²) in [5.41, 5.74) is 0.150. The number of amides is 2. The van der Waals surface area contributed by atoms with E-state index in [1.165, 1.54) is 12.8 Å². The van der Waals surface area contributed by atoms with E-state index in [-0.39, 0.29) is 24.0 Å². The van der Waals surface area contributed by atoms with Crippen molar-refractivity contribution in [1.82, 2.24) is 20.8 Å². The quantitative estimate of drug-likeness (QED) is 0.834. The van der Waals surface area contributed by atoms with Gasteiger partial charge >= 0.3 is 6.03 Å². The summed E-state index contributed by atoms with van der Waals surface area (Å²) >= 11 is 0. The van der Waals surface area contributed by atoms with Crippen molar-refractivity contribution in [3.05, 3.63) is 11.7 Å². The Morgan fingerprint density at radius 3 is 2.88 bits per heavy atom. The van der Waals surface area contributed by atoms with Crippen LogP contribution in [-0.2, 0) is 11.3 Å². The van der Waals surface area contributed by atoms with E-state index in [2.05, 4.69) is 20.8 Å². The number of nitrogens with one attached hydrogen (secondary N) is 2. The Balaban J connectivity index is 1.27. The van der Waals surface area contributed by atoms with Crippen molar-refractivity contribution in [1.29, 1.82) is 0 Å². The molecule has 132 valence electrons. The molecule has 1 aromatic heterocycles. The van der Waals surface area contributed by atoms with Crippen LogP contribution in [0.15, 0.2) is 4.52 Å². The van der Waals surface area contributed by atoms with Crippen LogP contribution in [0.25, 0.3) is 0 Å². The molecule has 0 radical (unpaired) electrons. The number of urea groups is 1. The summed E-state index contributed by atoms with van der Waals surface area (Å²) in [5, 5.41) is 9.92. The minimum atomic E-state index is -0.160. The second kappa shape index (κ2) is 6.35. The van der Waals surface area contributed by atoms with Gasteiger partial charge in [-0.3, -0.25) is 0 Å². The number of carbonyl (C=O) groups excluding carboxylic acids is 1. The van der Waals surface area contributed by atoms with Crippen LogP contribution in [0.1, 0.15) is 69.5 Å². The van der Waals surface area contributed by atoms with E-state index in [4.69, 9.17) is 9.26 Å². The monoisotopic (exact) mass is 334 g/mol. The number of aromatic nitrogens is 2. The molecule has 0 bridgehead atoms. The molecule has 4 rings (SSSR count). The Kier molecular flexibility index (Phi) is 4.20. The highest BCUT2D eigenvalue weighted by Crippen LogP contribution is 2.54. The molecule has 1 aromatic rings. The Hall–Kier alpha value is -1.63.